The molecule has 0 amide bonds. The van der Waals surface area contributed by atoms with E-state index in [1.165, 1.54) is 0 Å². The molecule has 0 bridgehead atoms. The number of carbonyl (C=O) groups is 1. The van der Waals surface area contributed by atoms with E-state index in [0.717, 1.165) is 36.8 Å². The standard InChI is InChI=1S/C14H21NO3S/c1-4-18-13(16)14(2,3)11-9-19-12(15-11)10-6-5-7-17-8-10/h9-10H,4-8H2,1-3H3. The average Bonchev–Trinajstić information content (AvgIpc) is 2.90. The highest BCUT2D eigenvalue weighted by Crippen LogP contribution is 2.32. The van der Waals surface area contributed by atoms with Crippen LogP contribution in [-0.4, -0.2) is 30.8 Å². The Hall–Kier alpha value is -0.940. The van der Waals surface area contributed by atoms with Gasteiger partial charge in [0.2, 0.25) is 0 Å². The molecule has 2 rings (SSSR count). The van der Waals surface area contributed by atoms with Crippen molar-refractivity contribution in [2.24, 2.45) is 0 Å². The van der Waals surface area contributed by atoms with Gasteiger partial charge in [0.05, 0.1) is 23.9 Å². The van der Waals surface area contributed by atoms with Crippen molar-refractivity contribution < 1.29 is 14.3 Å². The topological polar surface area (TPSA) is 48.4 Å². The van der Waals surface area contributed by atoms with Crippen LogP contribution in [0.4, 0.5) is 0 Å². The van der Waals surface area contributed by atoms with Crippen LogP contribution in [0.3, 0.4) is 0 Å². The highest BCUT2D eigenvalue weighted by atomic mass is 32.1. The molecule has 19 heavy (non-hydrogen) atoms. The molecular formula is C14H21NO3S. The van der Waals surface area contributed by atoms with Gasteiger partial charge in [0.1, 0.15) is 5.41 Å². The largest absolute Gasteiger partial charge is 0.465 e. The Labute approximate surface area is 118 Å². The van der Waals surface area contributed by atoms with Gasteiger partial charge in [-0.05, 0) is 33.6 Å². The van der Waals surface area contributed by atoms with Crippen molar-refractivity contribution in [1.82, 2.24) is 4.98 Å². The summed E-state index contributed by atoms with van der Waals surface area (Å²) in [6.07, 6.45) is 2.20. The van der Waals surface area contributed by atoms with Gasteiger partial charge >= 0.3 is 5.97 Å². The van der Waals surface area contributed by atoms with E-state index < -0.39 is 5.41 Å². The molecule has 106 valence electrons. The van der Waals surface area contributed by atoms with Crippen LogP contribution in [0.1, 0.15) is 50.2 Å². The van der Waals surface area contributed by atoms with E-state index in [1.807, 2.05) is 26.2 Å². The summed E-state index contributed by atoms with van der Waals surface area (Å²) in [5.41, 5.74) is 0.122. The molecule has 0 N–H and O–H groups in total. The predicted molar refractivity (Wildman–Crippen MR) is 74.6 cm³/mol. The molecule has 5 heteroatoms. The summed E-state index contributed by atoms with van der Waals surface area (Å²) in [5.74, 6) is 0.164. The van der Waals surface area contributed by atoms with Crippen LogP contribution in [0.5, 0.6) is 0 Å². The van der Waals surface area contributed by atoms with E-state index in [0.29, 0.717) is 12.5 Å². The fourth-order valence-corrected chi connectivity index (χ4v) is 3.22. The molecule has 4 nitrogen and oxygen atoms in total. The van der Waals surface area contributed by atoms with E-state index in [-0.39, 0.29) is 5.97 Å². The smallest absolute Gasteiger partial charge is 0.317 e. The van der Waals surface area contributed by atoms with E-state index >= 15 is 0 Å². The highest BCUT2D eigenvalue weighted by molar-refractivity contribution is 7.09. The lowest BCUT2D eigenvalue weighted by Gasteiger charge is -2.21. The summed E-state index contributed by atoms with van der Waals surface area (Å²) in [6, 6.07) is 0. The van der Waals surface area contributed by atoms with Crippen LogP contribution in [0.2, 0.25) is 0 Å². The molecule has 1 aliphatic rings. The molecule has 0 spiro atoms. The molecule has 0 saturated carbocycles. The number of ether oxygens (including phenoxy) is 2. The van der Waals surface area contributed by atoms with Gasteiger partial charge in [-0.3, -0.25) is 4.79 Å². The molecule has 0 aromatic carbocycles. The van der Waals surface area contributed by atoms with Gasteiger partial charge < -0.3 is 9.47 Å². The van der Waals surface area contributed by atoms with Gasteiger partial charge in [0.25, 0.3) is 0 Å². The minimum Gasteiger partial charge on any atom is -0.465 e. The number of rotatable bonds is 4. The molecule has 1 aliphatic heterocycles. The molecule has 1 saturated heterocycles. The Morgan fingerprint density at radius 2 is 2.42 bits per heavy atom. The Morgan fingerprint density at radius 1 is 1.63 bits per heavy atom. The van der Waals surface area contributed by atoms with Crippen molar-refractivity contribution in [3.05, 3.63) is 16.1 Å². The number of thiazole rings is 1. The van der Waals surface area contributed by atoms with Crippen molar-refractivity contribution in [3.63, 3.8) is 0 Å². The molecular weight excluding hydrogens is 262 g/mol. The number of hydrogen-bond acceptors (Lipinski definition) is 5. The summed E-state index contributed by atoms with van der Waals surface area (Å²) in [6.45, 7) is 7.54. The lowest BCUT2D eigenvalue weighted by atomic mass is 9.90. The maximum absolute atomic E-state index is 12.0. The second-order valence-electron chi connectivity index (χ2n) is 5.33. The van der Waals surface area contributed by atoms with Crippen LogP contribution in [0, 0.1) is 0 Å². The Balaban J connectivity index is 2.13. The Morgan fingerprint density at radius 3 is 3.05 bits per heavy atom. The van der Waals surface area contributed by atoms with Crippen molar-refractivity contribution in [2.45, 2.75) is 44.9 Å². The summed E-state index contributed by atoms with van der Waals surface area (Å²) < 4.78 is 10.6. The summed E-state index contributed by atoms with van der Waals surface area (Å²) >= 11 is 1.62. The molecule has 1 unspecified atom stereocenters. The first kappa shape index (κ1) is 14.5. The van der Waals surface area contributed by atoms with Crippen molar-refractivity contribution in [3.8, 4) is 0 Å². The van der Waals surface area contributed by atoms with E-state index in [2.05, 4.69) is 4.98 Å². The highest BCUT2D eigenvalue weighted by Gasteiger charge is 2.34. The Kier molecular flexibility index (Phi) is 4.58. The Bertz CT molecular complexity index is 436. The summed E-state index contributed by atoms with van der Waals surface area (Å²) in [4.78, 5) is 16.6. The van der Waals surface area contributed by atoms with Crippen LogP contribution in [-0.2, 0) is 19.7 Å². The number of esters is 1. The van der Waals surface area contributed by atoms with Crippen molar-refractivity contribution >= 4 is 17.3 Å². The zero-order valence-electron chi connectivity index (χ0n) is 11.8. The normalized spacial score (nSPS) is 20.3. The van der Waals surface area contributed by atoms with Crippen molar-refractivity contribution in [1.29, 1.82) is 0 Å². The first-order chi connectivity index (χ1) is 9.05. The van der Waals surface area contributed by atoms with Gasteiger partial charge in [0, 0.05) is 17.9 Å². The van der Waals surface area contributed by atoms with E-state index in [9.17, 15) is 4.79 Å². The third-order valence-corrected chi connectivity index (χ3v) is 4.46. The molecule has 1 atom stereocenters. The molecule has 1 aromatic rings. The molecule has 1 fully saturated rings. The first-order valence-corrected chi connectivity index (χ1v) is 7.64. The second kappa shape index (κ2) is 6.01. The third-order valence-electron chi connectivity index (χ3n) is 3.46. The van der Waals surface area contributed by atoms with Crippen LogP contribution in [0.15, 0.2) is 5.38 Å². The third kappa shape index (κ3) is 3.15. The van der Waals surface area contributed by atoms with Gasteiger partial charge in [-0.15, -0.1) is 11.3 Å². The summed E-state index contributed by atoms with van der Waals surface area (Å²) in [5, 5.41) is 3.05. The van der Waals surface area contributed by atoms with Gasteiger partial charge in [-0.1, -0.05) is 0 Å². The average molecular weight is 283 g/mol. The number of hydrogen-bond donors (Lipinski definition) is 0. The number of aromatic nitrogens is 1. The fraction of sp³-hybridized carbons (Fsp3) is 0.714. The quantitative estimate of drug-likeness (QED) is 0.797. The maximum Gasteiger partial charge on any atom is 0.317 e. The minimum atomic E-state index is -0.680. The maximum atomic E-state index is 12.0. The molecule has 0 radical (unpaired) electrons. The van der Waals surface area contributed by atoms with Crippen molar-refractivity contribution in [2.75, 3.05) is 19.8 Å². The van der Waals surface area contributed by atoms with Crippen LogP contribution < -0.4 is 0 Å². The van der Waals surface area contributed by atoms with Crippen LogP contribution >= 0.6 is 11.3 Å². The fourth-order valence-electron chi connectivity index (χ4n) is 2.11. The number of nitrogens with zero attached hydrogens (tertiary/aromatic N) is 1. The molecule has 0 aliphatic carbocycles. The van der Waals surface area contributed by atoms with Gasteiger partial charge in [0.15, 0.2) is 0 Å². The lowest BCUT2D eigenvalue weighted by molar-refractivity contribution is -0.148. The van der Waals surface area contributed by atoms with Gasteiger partial charge in [-0.2, -0.15) is 0 Å². The molecule has 2 heterocycles. The van der Waals surface area contributed by atoms with E-state index in [1.54, 1.807) is 11.3 Å². The van der Waals surface area contributed by atoms with Gasteiger partial charge in [-0.25, -0.2) is 4.98 Å². The zero-order chi connectivity index (χ0) is 13.9. The molecule has 1 aromatic heterocycles. The summed E-state index contributed by atoms with van der Waals surface area (Å²) in [7, 11) is 0. The second-order valence-corrected chi connectivity index (χ2v) is 6.22. The number of carbonyl (C=O) groups excluding carboxylic acids is 1. The first-order valence-electron chi connectivity index (χ1n) is 6.76. The monoisotopic (exact) mass is 283 g/mol. The SMILES string of the molecule is CCOC(=O)C(C)(C)c1csc(C2CCCOC2)n1. The minimum absolute atomic E-state index is 0.216. The van der Waals surface area contributed by atoms with Crippen LogP contribution in [0.25, 0.3) is 0 Å². The zero-order valence-corrected chi connectivity index (χ0v) is 12.6. The predicted octanol–water partition coefficient (Wildman–Crippen LogP) is 2.88. The lowest BCUT2D eigenvalue weighted by Crippen LogP contribution is -2.31. The van der Waals surface area contributed by atoms with E-state index in [4.69, 9.17) is 9.47 Å².